The Morgan fingerprint density at radius 1 is 1.22 bits per heavy atom. The van der Waals surface area contributed by atoms with Crippen molar-refractivity contribution in [1.82, 2.24) is 10.2 Å². The Labute approximate surface area is 211 Å². The molecule has 2 bridgehead atoms. The fraction of sp³-hybridized carbons (Fsp3) is 0.467. The normalized spacial score (nSPS) is 33.2. The predicted octanol–water partition coefficient (Wildman–Crippen LogP) is 3.67. The van der Waals surface area contributed by atoms with Crippen molar-refractivity contribution < 1.29 is 19.1 Å². The highest BCUT2D eigenvalue weighted by Crippen LogP contribution is 2.65. The molecule has 2 aromatic carbocycles. The minimum Gasteiger partial charge on any atom is -0.493 e. The summed E-state index contributed by atoms with van der Waals surface area (Å²) in [5.74, 6) is 2.06. The molecule has 2 saturated carbocycles. The number of amides is 1. The third-order valence-electron chi connectivity index (χ3n) is 9.32. The van der Waals surface area contributed by atoms with E-state index < -0.39 is 17.1 Å². The summed E-state index contributed by atoms with van der Waals surface area (Å²) in [5, 5.41) is 3.50. The Balaban J connectivity index is 1.47. The molecule has 0 aromatic heterocycles. The lowest BCUT2D eigenvalue weighted by Crippen LogP contribution is -2.82. The van der Waals surface area contributed by atoms with Crippen molar-refractivity contribution in [2.75, 3.05) is 20.2 Å². The molecule has 186 valence electrons. The van der Waals surface area contributed by atoms with E-state index in [1.54, 1.807) is 14.0 Å². The molecular weight excluding hydrogens is 452 g/mol. The minimum absolute atomic E-state index is 0.0281. The number of ketones is 1. The fourth-order valence-electron chi connectivity index (χ4n) is 7.81. The van der Waals surface area contributed by atoms with Crippen LogP contribution in [0.1, 0.15) is 49.3 Å². The molecule has 2 heterocycles. The highest BCUT2D eigenvalue weighted by Gasteiger charge is 2.74. The number of benzene rings is 2. The highest BCUT2D eigenvalue weighted by molar-refractivity contribution is 6.07. The van der Waals surface area contributed by atoms with Crippen LogP contribution in [0.15, 0.2) is 48.0 Å². The first kappa shape index (κ1) is 22.1. The lowest BCUT2D eigenvalue weighted by molar-refractivity contribution is -0.143. The first-order valence-corrected chi connectivity index (χ1v) is 13.2. The zero-order valence-electron chi connectivity index (χ0n) is 20.9. The number of hydrogen-bond donors (Lipinski definition) is 1. The molecule has 1 spiro atoms. The minimum atomic E-state index is -0.677. The lowest BCUT2D eigenvalue weighted by Gasteiger charge is -2.65. The van der Waals surface area contributed by atoms with Crippen molar-refractivity contribution in [3.05, 3.63) is 64.7 Å². The molecule has 1 amide bonds. The molecule has 36 heavy (non-hydrogen) atoms. The second-order valence-corrected chi connectivity index (χ2v) is 11.3. The van der Waals surface area contributed by atoms with Gasteiger partial charge in [-0.3, -0.25) is 14.5 Å². The van der Waals surface area contributed by atoms with Gasteiger partial charge < -0.3 is 14.8 Å². The van der Waals surface area contributed by atoms with Crippen LogP contribution in [0, 0.1) is 5.92 Å². The van der Waals surface area contributed by atoms with Crippen molar-refractivity contribution in [3.8, 4) is 11.5 Å². The number of nitrogens with one attached hydrogen (secondary N) is 1. The predicted molar refractivity (Wildman–Crippen MR) is 136 cm³/mol. The van der Waals surface area contributed by atoms with Gasteiger partial charge >= 0.3 is 0 Å². The number of likely N-dealkylation sites (tertiary alicyclic amines) is 1. The summed E-state index contributed by atoms with van der Waals surface area (Å²) in [6.45, 7) is 3.57. The van der Waals surface area contributed by atoms with Crippen LogP contribution < -0.4 is 14.8 Å². The summed E-state index contributed by atoms with van der Waals surface area (Å²) >= 11 is 0. The molecule has 3 aliphatic carbocycles. The molecule has 1 saturated heterocycles. The van der Waals surface area contributed by atoms with E-state index in [0.29, 0.717) is 17.9 Å². The molecule has 1 N–H and O–H groups in total. The summed E-state index contributed by atoms with van der Waals surface area (Å²) in [6, 6.07) is 14.2. The number of carbonyl (C=O) groups excluding carboxylic acids is 2. The van der Waals surface area contributed by atoms with Crippen LogP contribution in [0.2, 0.25) is 0 Å². The molecule has 5 aliphatic rings. The Hall–Kier alpha value is -3.12. The molecule has 6 nitrogen and oxygen atoms in total. The van der Waals surface area contributed by atoms with Crippen LogP contribution in [0.25, 0.3) is 6.08 Å². The zero-order chi connectivity index (χ0) is 24.7. The molecule has 0 radical (unpaired) electrons. The van der Waals surface area contributed by atoms with Crippen molar-refractivity contribution in [3.63, 3.8) is 0 Å². The lowest BCUT2D eigenvalue weighted by atomic mass is 9.46. The molecule has 4 atom stereocenters. The van der Waals surface area contributed by atoms with E-state index in [1.165, 1.54) is 18.4 Å². The number of ether oxygens (including phenoxy) is 2. The Morgan fingerprint density at radius 3 is 2.75 bits per heavy atom. The number of rotatable bonds is 5. The van der Waals surface area contributed by atoms with Crippen molar-refractivity contribution in [2.45, 2.75) is 62.1 Å². The maximum Gasteiger partial charge on any atom is 0.217 e. The smallest absolute Gasteiger partial charge is 0.217 e. The summed E-state index contributed by atoms with van der Waals surface area (Å²) in [7, 11) is 1.65. The van der Waals surface area contributed by atoms with Gasteiger partial charge in [-0.15, -0.1) is 0 Å². The summed E-state index contributed by atoms with van der Waals surface area (Å²) in [5.41, 5.74) is 2.79. The SMILES string of the molecule is COc1ccc2c3c1O[C@H]1C(=O)/C(=C\c4ccccc4)C[C@@]4(NC(C)=O)C(C2)N(CC2CC2)CC[C@]314. The van der Waals surface area contributed by atoms with Crippen LogP contribution in [0.4, 0.5) is 0 Å². The van der Waals surface area contributed by atoms with Crippen LogP contribution >= 0.6 is 0 Å². The number of methoxy groups -OCH3 is 1. The number of Topliss-reactive ketones (excluding diaryl/α,β-unsaturated/α-hetero) is 1. The second kappa shape index (κ2) is 7.69. The zero-order valence-corrected chi connectivity index (χ0v) is 20.9. The van der Waals surface area contributed by atoms with Gasteiger partial charge in [-0.1, -0.05) is 36.4 Å². The van der Waals surface area contributed by atoms with Gasteiger partial charge in [0.15, 0.2) is 23.4 Å². The Bertz CT molecular complexity index is 1300. The van der Waals surface area contributed by atoms with Gasteiger partial charge in [0.1, 0.15) is 0 Å². The molecule has 7 rings (SSSR count). The maximum atomic E-state index is 14.2. The van der Waals surface area contributed by atoms with Gasteiger partial charge in [-0.25, -0.2) is 0 Å². The largest absolute Gasteiger partial charge is 0.493 e. The molecule has 1 unspecified atom stereocenters. The molecule has 6 heteroatoms. The number of hydrogen-bond acceptors (Lipinski definition) is 5. The van der Waals surface area contributed by atoms with Gasteiger partial charge in [-0.05, 0) is 61.4 Å². The van der Waals surface area contributed by atoms with E-state index in [4.69, 9.17) is 9.47 Å². The third-order valence-corrected chi connectivity index (χ3v) is 9.32. The summed E-state index contributed by atoms with van der Waals surface area (Å²) in [4.78, 5) is 29.7. The quantitative estimate of drug-likeness (QED) is 0.656. The van der Waals surface area contributed by atoms with Crippen molar-refractivity contribution >= 4 is 17.8 Å². The monoisotopic (exact) mass is 484 g/mol. The van der Waals surface area contributed by atoms with E-state index in [-0.39, 0.29) is 17.7 Å². The van der Waals surface area contributed by atoms with Gasteiger partial charge in [0, 0.05) is 37.1 Å². The average Bonchev–Trinajstić information content (AvgIpc) is 3.61. The van der Waals surface area contributed by atoms with Crippen LogP contribution in [-0.2, 0) is 21.4 Å². The van der Waals surface area contributed by atoms with Gasteiger partial charge in [0.05, 0.1) is 18.1 Å². The maximum absolute atomic E-state index is 14.2. The second-order valence-electron chi connectivity index (χ2n) is 11.3. The van der Waals surface area contributed by atoms with E-state index in [2.05, 4.69) is 16.3 Å². The number of piperidine rings is 1. The van der Waals surface area contributed by atoms with E-state index in [1.807, 2.05) is 42.5 Å². The fourth-order valence-corrected chi connectivity index (χ4v) is 7.81. The number of nitrogens with zero attached hydrogens (tertiary/aromatic N) is 1. The average molecular weight is 485 g/mol. The third kappa shape index (κ3) is 2.88. The first-order valence-electron chi connectivity index (χ1n) is 13.2. The molecule has 2 aliphatic heterocycles. The summed E-state index contributed by atoms with van der Waals surface area (Å²) in [6.07, 6.45) is 5.99. The van der Waals surface area contributed by atoms with Crippen LogP contribution in [0.5, 0.6) is 11.5 Å². The van der Waals surface area contributed by atoms with Crippen LogP contribution in [-0.4, -0.2) is 54.5 Å². The van der Waals surface area contributed by atoms with E-state index in [9.17, 15) is 9.59 Å². The standard InChI is InChI=1S/C30H32N2O4/c1-18(33)31-30-16-22(14-19-6-4-3-5-7-19)26(34)28-29(30)12-13-32(17-20-8-9-20)24(30)15-21-10-11-23(35-2)27(36-28)25(21)29/h3-7,10-11,14,20,24,28H,8-9,12-13,15-17H2,1-2H3,(H,31,33)/b22-14-/t24?,28-,29-,30+/m0/s1. The number of carbonyl (C=O) groups is 2. The van der Waals surface area contributed by atoms with E-state index >= 15 is 0 Å². The van der Waals surface area contributed by atoms with Gasteiger partial charge in [0.25, 0.3) is 0 Å². The highest BCUT2D eigenvalue weighted by atomic mass is 16.5. The molecule has 2 aromatic rings. The molecule has 3 fully saturated rings. The molecular formula is C30H32N2O4. The van der Waals surface area contributed by atoms with Gasteiger partial charge in [-0.2, -0.15) is 0 Å². The van der Waals surface area contributed by atoms with Crippen LogP contribution in [0.3, 0.4) is 0 Å². The summed E-state index contributed by atoms with van der Waals surface area (Å²) < 4.78 is 12.3. The topological polar surface area (TPSA) is 67.9 Å². The van der Waals surface area contributed by atoms with E-state index in [0.717, 1.165) is 48.5 Å². The Morgan fingerprint density at radius 2 is 2.03 bits per heavy atom. The Kier molecular flexibility index (Phi) is 4.72. The first-order chi connectivity index (χ1) is 17.5. The van der Waals surface area contributed by atoms with Crippen molar-refractivity contribution in [2.24, 2.45) is 5.92 Å². The van der Waals surface area contributed by atoms with Crippen molar-refractivity contribution in [1.29, 1.82) is 0 Å². The van der Waals surface area contributed by atoms with Gasteiger partial charge in [0.2, 0.25) is 5.91 Å².